The van der Waals surface area contributed by atoms with E-state index < -0.39 is 0 Å². The van der Waals surface area contributed by atoms with Crippen molar-refractivity contribution in [2.45, 2.75) is 37.3 Å². The summed E-state index contributed by atoms with van der Waals surface area (Å²) in [6.45, 7) is 6.33. The molecule has 3 N–H and O–H groups in total. The Morgan fingerprint density at radius 3 is 2.60 bits per heavy atom. The highest BCUT2D eigenvalue weighted by Gasteiger charge is 2.06. The van der Waals surface area contributed by atoms with E-state index in [9.17, 15) is 0 Å². The van der Waals surface area contributed by atoms with Crippen molar-refractivity contribution >= 4 is 17.6 Å². The topological polar surface area (TPSA) is 49.9 Å². The standard InChI is InChI=1S/C12H18N2S/c1-8-4-5-11(6-9(8)2)15-10(3)7-12(13)14/h4-6,10H,7H2,1-3H3,(H3,13,14). The SMILES string of the molecule is Cc1ccc(SC(C)CC(=N)N)cc1C. The first-order valence-electron chi connectivity index (χ1n) is 5.06. The first-order valence-corrected chi connectivity index (χ1v) is 5.94. The summed E-state index contributed by atoms with van der Waals surface area (Å²) in [6.07, 6.45) is 0.650. The Morgan fingerprint density at radius 2 is 2.07 bits per heavy atom. The minimum Gasteiger partial charge on any atom is -0.388 e. The van der Waals surface area contributed by atoms with E-state index in [1.807, 2.05) is 0 Å². The van der Waals surface area contributed by atoms with Crippen LogP contribution in [0, 0.1) is 19.3 Å². The Kier molecular flexibility index (Phi) is 4.21. The number of hydrogen-bond acceptors (Lipinski definition) is 2. The van der Waals surface area contributed by atoms with E-state index in [2.05, 4.69) is 39.0 Å². The van der Waals surface area contributed by atoms with Gasteiger partial charge in [0, 0.05) is 16.6 Å². The average molecular weight is 222 g/mol. The summed E-state index contributed by atoms with van der Waals surface area (Å²) in [5, 5.41) is 7.60. The number of rotatable bonds is 4. The van der Waals surface area contributed by atoms with Crippen LogP contribution in [0.1, 0.15) is 24.5 Å². The van der Waals surface area contributed by atoms with Crippen LogP contribution in [-0.2, 0) is 0 Å². The Hall–Kier alpha value is -0.960. The molecule has 0 aromatic heterocycles. The van der Waals surface area contributed by atoms with Crippen LogP contribution < -0.4 is 5.73 Å². The molecule has 0 heterocycles. The number of thioether (sulfide) groups is 1. The maximum atomic E-state index is 7.23. The molecular formula is C12H18N2S. The summed E-state index contributed by atoms with van der Waals surface area (Å²) in [4.78, 5) is 1.26. The quantitative estimate of drug-likeness (QED) is 0.467. The van der Waals surface area contributed by atoms with Gasteiger partial charge in [-0.1, -0.05) is 13.0 Å². The van der Waals surface area contributed by atoms with E-state index in [0.717, 1.165) is 0 Å². The zero-order chi connectivity index (χ0) is 11.4. The van der Waals surface area contributed by atoms with Crippen LogP contribution in [0.4, 0.5) is 0 Å². The van der Waals surface area contributed by atoms with E-state index in [4.69, 9.17) is 11.1 Å². The van der Waals surface area contributed by atoms with Crippen LogP contribution in [0.15, 0.2) is 23.1 Å². The number of nitrogens with two attached hydrogens (primary N) is 1. The number of nitrogens with one attached hydrogen (secondary N) is 1. The number of amidine groups is 1. The molecule has 0 radical (unpaired) electrons. The van der Waals surface area contributed by atoms with Crippen molar-refractivity contribution in [1.82, 2.24) is 0 Å². The molecule has 0 aliphatic rings. The highest BCUT2D eigenvalue weighted by Crippen LogP contribution is 2.26. The van der Waals surface area contributed by atoms with Gasteiger partial charge < -0.3 is 5.73 Å². The zero-order valence-electron chi connectivity index (χ0n) is 9.50. The maximum absolute atomic E-state index is 7.23. The monoisotopic (exact) mass is 222 g/mol. The summed E-state index contributed by atoms with van der Waals surface area (Å²) in [6, 6.07) is 6.46. The van der Waals surface area contributed by atoms with Crippen LogP contribution in [0.2, 0.25) is 0 Å². The zero-order valence-corrected chi connectivity index (χ0v) is 10.3. The summed E-state index contributed by atoms with van der Waals surface area (Å²) in [5.41, 5.74) is 8.00. The Labute approximate surface area is 95.8 Å². The van der Waals surface area contributed by atoms with Gasteiger partial charge in [-0.3, -0.25) is 5.41 Å². The Bertz CT molecular complexity index is 361. The van der Waals surface area contributed by atoms with E-state index in [0.29, 0.717) is 11.7 Å². The highest BCUT2D eigenvalue weighted by molar-refractivity contribution is 8.00. The summed E-state index contributed by atoms with van der Waals surface area (Å²) in [5.74, 6) is 0.263. The molecule has 82 valence electrons. The number of hydrogen-bond donors (Lipinski definition) is 2. The molecule has 1 aromatic rings. The van der Waals surface area contributed by atoms with Crippen molar-refractivity contribution in [1.29, 1.82) is 5.41 Å². The van der Waals surface area contributed by atoms with E-state index in [1.54, 1.807) is 11.8 Å². The van der Waals surface area contributed by atoms with Gasteiger partial charge in [0.05, 0.1) is 5.84 Å². The van der Waals surface area contributed by atoms with Gasteiger partial charge in [0.2, 0.25) is 0 Å². The first kappa shape index (κ1) is 12.1. The van der Waals surface area contributed by atoms with Gasteiger partial charge in [-0.15, -0.1) is 11.8 Å². The van der Waals surface area contributed by atoms with Crippen molar-refractivity contribution in [3.63, 3.8) is 0 Å². The lowest BCUT2D eigenvalue weighted by Crippen LogP contribution is -2.14. The van der Waals surface area contributed by atoms with Crippen LogP contribution in [0.3, 0.4) is 0 Å². The second kappa shape index (κ2) is 5.21. The smallest absolute Gasteiger partial charge is 0.0916 e. The highest BCUT2D eigenvalue weighted by atomic mass is 32.2. The molecule has 0 aliphatic heterocycles. The normalized spacial score (nSPS) is 12.5. The minimum absolute atomic E-state index is 0.263. The molecule has 2 nitrogen and oxygen atoms in total. The number of benzene rings is 1. The Balaban J connectivity index is 2.64. The molecule has 3 heteroatoms. The molecule has 15 heavy (non-hydrogen) atoms. The lowest BCUT2D eigenvalue weighted by atomic mass is 10.1. The second-order valence-corrected chi connectivity index (χ2v) is 5.42. The lowest BCUT2D eigenvalue weighted by molar-refractivity contribution is 0.996. The predicted molar refractivity (Wildman–Crippen MR) is 67.8 cm³/mol. The molecule has 1 aromatic carbocycles. The van der Waals surface area contributed by atoms with E-state index >= 15 is 0 Å². The van der Waals surface area contributed by atoms with Gasteiger partial charge in [-0.05, 0) is 37.1 Å². The fourth-order valence-electron chi connectivity index (χ4n) is 1.37. The predicted octanol–water partition coefficient (Wildman–Crippen LogP) is 3.11. The van der Waals surface area contributed by atoms with Gasteiger partial charge in [0.25, 0.3) is 0 Å². The van der Waals surface area contributed by atoms with Gasteiger partial charge in [0.15, 0.2) is 0 Å². The molecule has 0 saturated heterocycles. The van der Waals surface area contributed by atoms with Gasteiger partial charge >= 0.3 is 0 Å². The summed E-state index contributed by atoms with van der Waals surface area (Å²) >= 11 is 1.77. The van der Waals surface area contributed by atoms with Gasteiger partial charge in [-0.25, -0.2) is 0 Å². The molecule has 1 rings (SSSR count). The van der Waals surface area contributed by atoms with Crippen molar-refractivity contribution < 1.29 is 0 Å². The average Bonchev–Trinajstić information content (AvgIpc) is 2.10. The molecule has 0 fully saturated rings. The molecular weight excluding hydrogens is 204 g/mol. The van der Waals surface area contributed by atoms with Crippen LogP contribution in [-0.4, -0.2) is 11.1 Å². The van der Waals surface area contributed by atoms with Gasteiger partial charge in [-0.2, -0.15) is 0 Å². The third kappa shape index (κ3) is 3.96. The molecule has 0 saturated carbocycles. The molecule has 0 bridgehead atoms. The summed E-state index contributed by atoms with van der Waals surface area (Å²) < 4.78 is 0. The maximum Gasteiger partial charge on any atom is 0.0916 e. The third-order valence-corrected chi connectivity index (χ3v) is 3.42. The molecule has 0 amide bonds. The fourth-order valence-corrected chi connectivity index (χ4v) is 2.49. The van der Waals surface area contributed by atoms with Crippen molar-refractivity contribution in [2.24, 2.45) is 5.73 Å². The molecule has 0 aliphatic carbocycles. The lowest BCUT2D eigenvalue weighted by Gasteiger charge is -2.11. The Morgan fingerprint density at radius 1 is 1.40 bits per heavy atom. The first-order chi connectivity index (χ1) is 6.99. The van der Waals surface area contributed by atoms with Crippen LogP contribution >= 0.6 is 11.8 Å². The fraction of sp³-hybridized carbons (Fsp3) is 0.417. The third-order valence-electron chi connectivity index (χ3n) is 2.32. The second-order valence-electron chi connectivity index (χ2n) is 3.90. The van der Waals surface area contributed by atoms with E-state index in [1.165, 1.54) is 16.0 Å². The van der Waals surface area contributed by atoms with Gasteiger partial charge in [0.1, 0.15) is 0 Å². The molecule has 1 unspecified atom stereocenters. The molecule has 1 atom stereocenters. The van der Waals surface area contributed by atoms with Crippen molar-refractivity contribution in [3.8, 4) is 0 Å². The largest absolute Gasteiger partial charge is 0.388 e. The van der Waals surface area contributed by atoms with Crippen molar-refractivity contribution in [2.75, 3.05) is 0 Å². The van der Waals surface area contributed by atoms with Crippen LogP contribution in [0.5, 0.6) is 0 Å². The van der Waals surface area contributed by atoms with Crippen LogP contribution in [0.25, 0.3) is 0 Å². The van der Waals surface area contributed by atoms with Crippen molar-refractivity contribution in [3.05, 3.63) is 29.3 Å². The van der Waals surface area contributed by atoms with E-state index in [-0.39, 0.29) is 5.84 Å². The number of aryl methyl sites for hydroxylation is 2. The molecule has 0 spiro atoms. The minimum atomic E-state index is 0.263. The summed E-state index contributed by atoms with van der Waals surface area (Å²) in [7, 11) is 0.